The second-order valence-corrected chi connectivity index (χ2v) is 7.55. The van der Waals surface area contributed by atoms with Crippen LogP contribution >= 0.6 is 11.8 Å². The van der Waals surface area contributed by atoms with E-state index in [0.29, 0.717) is 16.4 Å². The number of rotatable bonds is 9. The van der Waals surface area contributed by atoms with Gasteiger partial charge in [-0.2, -0.15) is 0 Å². The van der Waals surface area contributed by atoms with Gasteiger partial charge in [-0.3, -0.25) is 4.79 Å². The number of esters is 1. The minimum atomic E-state index is -0.418. The van der Waals surface area contributed by atoms with E-state index in [-0.39, 0.29) is 11.7 Å². The van der Waals surface area contributed by atoms with Gasteiger partial charge >= 0.3 is 5.97 Å². The van der Waals surface area contributed by atoms with Gasteiger partial charge in [-0.15, -0.1) is 10.2 Å². The molecule has 0 aliphatic heterocycles. The van der Waals surface area contributed by atoms with Crippen LogP contribution in [0.5, 0.6) is 0 Å². The van der Waals surface area contributed by atoms with E-state index >= 15 is 0 Å². The van der Waals surface area contributed by atoms with Crippen LogP contribution in [0, 0.1) is 6.92 Å². The predicted molar refractivity (Wildman–Crippen MR) is 115 cm³/mol. The van der Waals surface area contributed by atoms with Crippen molar-refractivity contribution in [3.63, 3.8) is 0 Å². The average molecular weight is 429 g/mol. The molecule has 1 aromatic carbocycles. The second kappa shape index (κ2) is 10.1. The highest BCUT2D eigenvalue weighted by atomic mass is 32.2. The Bertz CT molecular complexity index is 1010. The monoisotopic (exact) mass is 428 g/mol. The SMILES string of the molecule is CCCCn1c(SCC(=O)Nc2ccc(C(=O)OC)cc2)nnc1-c1ccoc1C. The molecular formula is C21H24N4O4S. The molecule has 0 aliphatic carbocycles. The van der Waals surface area contributed by atoms with Crippen LogP contribution in [0.2, 0.25) is 0 Å². The van der Waals surface area contributed by atoms with E-state index in [1.807, 2.05) is 17.6 Å². The fourth-order valence-corrected chi connectivity index (χ4v) is 3.63. The molecule has 8 nitrogen and oxygen atoms in total. The Balaban J connectivity index is 1.66. The van der Waals surface area contributed by atoms with Gasteiger partial charge in [-0.1, -0.05) is 25.1 Å². The molecule has 3 rings (SSSR count). The number of furan rings is 1. The minimum Gasteiger partial charge on any atom is -0.469 e. The summed E-state index contributed by atoms with van der Waals surface area (Å²) in [6.45, 7) is 4.78. The molecule has 1 amide bonds. The number of methoxy groups -OCH3 is 1. The molecule has 2 aromatic heterocycles. The summed E-state index contributed by atoms with van der Waals surface area (Å²) in [7, 11) is 1.33. The number of aryl methyl sites for hydroxylation is 1. The maximum absolute atomic E-state index is 12.4. The number of thioether (sulfide) groups is 1. The largest absolute Gasteiger partial charge is 0.469 e. The van der Waals surface area contributed by atoms with Gasteiger partial charge in [-0.25, -0.2) is 4.79 Å². The topological polar surface area (TPSA) is 99.2 Å². The molecular weight excluding hydrogens is 404 g/mol. The zero-order chi connectivity index (χ0) is 21.5. The Kier molecular flexibility index (Phi) is 7.29. The van der Waals surface area contributed by atoms with Gasteiger partial charge in [0.1, 0.15) is 5.76 Å². The highest BCUT2D eigenvalue weighted by Gasteiger charge is 2.18. The van der Waals surface area contributed by atoms with E-state index in [0.717, 1.165) is 36.5 Å². The lowest BCUT2D eigenvalue weighted by atomic mass is 10.2. The molecule has 0 bridgehead atoms. The number of aromatic nitrogens is 3. The first-order valence-electron chi connectivity index (χ1n) is 9.62. The molecule has 9 heteroatoms. The van der Waals surface area contributed by atoms with Crippen molar-refractivity contribution in [2.24, 2.45) is 0 Å². The van der Waals surface area contributed by atoms with Crippen molar-refractivity contribution in [3.8, 4) is 11.4 Å². The molecule has 0 aliphatic rings. The summed E-state index contributed by atoms with van der Waals surface area (Å²) >= 11 is 1.33. The molecule has 2 heterocycles. The number of hydrogen-bond acceptors (Lipinski definition) is 7. The number of benzene rings is 1. The van der Waals surface area contributed by atoms with Gasteiger partial charge < -0.3 is 19.0 Å². The summed E-state index contributed by atoms with van der Waals surface area (Å²) in [5.41, 5.74) is 1.94. The van der Waals surface area contributed by atoms with Crippen LogP contribution in [-0.4, -0.2) is 39.5 Å². The summed E-state index contributed by atoms with van der Waals surface area (Å²) in [5, 5.41) is 12.1. The number of carbonyl (C=O) groups excluding carboxylic acids is 2. The fourth-order valence-electron chi connectivity index (χ4n) is 2.86. The first kappa shape index (κ1) is 21.6. The predicted octanol–water partition coefficient (Wildman–Crippen LogP) is 4.16. The summed E-state index contributed by atoms with van der Waals surface area (Å²) in [5.74, 6) is 1.13. The first-order valence-corrected chi connectivity index (χ1v) is 10.6. The standard InChI is InChI=1S/C21H24N4O4S/c1-4-5-11-25-19(17-10-12-29-14(17)2)23-24-21(25)30-13-18(26)22-16-8-6-15(7-9-16)20(27)28-3/h6-10,12H,4-5,11,13H2,1-3H3,(H,22,26). The number of ether oxygens (including phenoxy) is 1. The quantitative estimate of drug-likeness (QED) is 0.403. The summed E-state index contributed by atoms with van der Waals surface area (Å²) < 4.78 is 12.1. The summed E-state index contributed by atoms with van der Waals surface area (Å²) in [6.07, 6.45) is 3.65. The Morgan fingerprint density at radius 3 is 2.60 bits per heavy atom. The number of hydrogen-bond donors (Lipinski definition) is 1. The molecule has 0 saturated carbocycles. The third-order valence-corrected chi connectivity index (χ3v) is 5.44. The van der Waals surface area contributed by atoms with Crippen molar-refractivity contribution >= 4 is 29.3 Å². The molecule has 1 N–H and O–H groups in total. The Hall–Kier alpha value is -3.07. The lowest BCUT2D eigenvalue weighted by molar-refractivity contribution is -0.113. The van der Waals surface area contributed by atoms with E-state index in [2.05, 4.69) is 27.2 Å². The van der Waals surface area contributed by atoms with Crippen molar-refractivity contribution in [1.29, 1.82) is 0 Å². The van der Waals surface area contributed by atoms with Crippen LogP contribution < -0.4 is 5.32 Å². The third-order valence-electron chi connectivity index (χ3n) is 4.47. The number of nitrogens with one attached hydrogen (secondary N) is 1. The minimum absolute atomic E-state index is 0.170. The maximum atomic E-state index is 12.4. The molecule has 0 atom stereocenters. The zero-order valence-corrected chi connectivity index (χ0v) is 18.0. The van der Waals surface area contributed by atoms with Gasteiger partial charge in [0.2, 0.25) is 5.91 Å². The third kappa shape index (κ3) is 5.10. The lowest BCUT2D eigenvalue weighted by Gasteiger charge is -2.09. The highest BCUT2D eigenvalue weighted by Crippen LogP contribution is 2.27. The molecule has 3 aromatic rings. The van der Waals surface area contributed by atoms with Crippen molar-refractivity contribution in [3.05, 3.63) is 47.9 Å². The molecule has 0 unspecified atom stereocenters. The maximum Gasteiger partial charge on any atom is 0.337 e. The van der Waals surface area contributed by atoms with Gasteiger partial charge in [0.05, 0.1) is 30.3 Å². The number of carbonyl (C=O) groups is 2. The van der Waals surface area contributed by atoms with Crippen LogP contribution in [0.4, 0.5) is 5.69 Å². The second-order valence-electron chi connectivity index (χ2n) is 6.61. The van der Waals surface area contributed by atoms with Crippen LogP contribution in [0.25, 0.3) is 11.4 Å². The van der Waals surface area contributed by atoms with Crippen molar-refractivity contribution in [2.75, 3.05) is 18.2 Å². The van der Waals surface area contributed by atoms with Gasteiger partial charge in [-0.05, 0) is 43.7 Å². The van der Waals surface area contributed by atoms with Crippen LogP contribution in [0.15, 0.2) is 46.2 Å². The number of anilines is 1. The normalized spacial score (nSPS) is 10.8. The molecule has 0 fully saturated rings. The summed E-state index contributed by atoms with van der Waals surface area (Å²) in [4.78, 5) is 23.9. The van der Waals surface area contributed by atoms with E-state index < -0.39 is 5.97 Å². The van der Waals surface area contributed by atoms with Crippen molar-refractivity contribution < 1.29 is 18.7 Å². The number of nitrogens with zero attached hydrogens (tertiary/aromatic N) is 3. The van der Waals surface area contributed by atoms with E-state index in [1.165, 1.54) is 18.9 Å². The van der Waals surface area contributed by atoms with Crippen LogP contribution in [-0.2, 0) is 16.1 Å². The van der Waals surface area contributed by atoms with Gasteiger partial charge in [0.15, 0.2) is 11.0 Å². The van der Waals surface area contributed by atoms with E-state index in [9.17, 15) is 9.59 Å². The van der Waals surface area contributed by atoms with Gasteiger partial charge in [0.25, 0.3) is 0 Å². The van der Waals surface area contributed by atoms with Gasteiger partial charge in [0, 0.05) is 12.2 Å². The number of unbranched alkanes of at least 4 members (excludes halogenated alkanes) is 1. The first-order chi connectivity index (χ1) is 14.5. The van der Waals surface area contributed by atoms with E-state index in [4.69, 9.17) is 4.42 Å². The van der Waals surface area contributed by atoms with Crippen molar-refractivity contribution in [2.45, 2.75) is 38.4 Å². The Labute approximate surface area is 179 Å². The smallest absolute Gasteiger partial charge is 0.337 e. The average Bonchev–Trinajstić information content (AvgIpc) is 3.35. The molecule has 0 saturated heterocycles. The molecule has 30 heavy (non-hydrogen) atoms. The van der Waals surface area contributed by atoms with Crippen molar-refractivity contribution in [1.82, 2.24) is 14.8 Å². The fraction of sp³-hybridized carbons (Fsp3) is 0.333. The zero-order valence-electron chi connectivity index (χ0n) is 17.2. The lowest BCUT2D eigenvalue weighted by Crippen LogP contribution is -2.15. The molecule has 158 valence electrons. The molecule has 0 spiro atoms. The number of amides is 1. The molecule has 0 radical (unpaired) electrons. The summed E-state index contributed by atoms with van der Waals surface area (Å²) in [6, 6.07) is 8.42. The van der Waals surface area contributed by atoms with Crippen LogP contribution in [0.1, 0.15) is 35.9 Å². The Morgan fingerprint density at radius 1 is 1.20 bits per heavy atom. The van der Waals surface area contributed by atoms with Crippen LogP contribution in [0.3, 0.4) is 0 Å². The van der Waals surface area contributed by atoms with E-state index in [1.54, 1.807) is 30.5 Å². The Morgan fingerprint density at radius 2 is 1.97 bits per heavy atom. The highest BCUT2D eigenvalue weighted by molar-refractivity contribution is 7.99.